The van der Waals surface area contributed by atoms with E-state index in [-0.39, 0.29) is 5.91 Å². The Kier molecular flexibility index (Phi) is 1.93. The molecule has 0 aliphatic rings. The summed E-state index contributed by atoms with van der Waals surface area (Å²) >= 11 is 0. The summed E-state index contributed by atoms with van der Waals surface area (Å²) in [5.74, 6) is -0.0527. The maximum absolute atomic E-state index is 11.2. The Labute approximate surface area is 81.0 Å². The maximum atomic E-state index is 11.2. The highest BCUT2D eigenvalue weighted by Gasteiger charge is 2.06. The lowest BCUT2D eigenvalue weighted by Gasteiger charge is -1.99. The molecule has 0 radical (unpaired) electrons. The van der Waals surface area contributed by atoms with E-state index in [0.717, 1.165) is 17.2 Å². The molecular weight excluding hydrogens is 178 g/mol. The van der Waals surface area contributed by atoms with Crippen molar-refractivity contribution in [1.29, 1.82) is 0 Å². The molecule has 70 valence electrons. The van der Waals surface area contributed by atoms with E-state index in [0.29, 0.717) is 5.56 Å². The van der Waals surface area contributed by atoms with Gasteiger partial charge in [0, 0.05) is 24.1 Å². The summed E-state index contributed by atoms with van der Waals surface area (Å²) in [6.45, 7) is 1.49. The molecule has 0 spiro atoms. The monoisotopic (exact) mass is 187 g/mol. The molecule has 0 aliphatic heterocycles. The fourth-order valence-corrected chi connectivity index (χ4v) is 1.57. The van der Waals surface area contributed by atoms with Crippen LogP contribution in [0.3, 0.4) is 0 Å². The molecule has 0 fully saturated rings. The van der Waals surface area contributed by atoms with Crippen molar-refractivity contribution in [1.82, 2.24) is 4.57 Å². The van der Waals surface area contributed by atoms with Crippen LogP contribution in [0.2, 0.25) is 0 Å². The highest BCUT2D eigenvalue weighted by atomic mass is 16.1. The molecule has 0 aliphatic carbocycles. The van der Waals surface area contributed by atoms with Crippen molar-refractivity contribution in [2.75, 3.05) is 0 Å². The van der Waals surface area contributed by atoms with E-state index in [1.807, 2.05) is 6.07 Å². The van der Waals surface area contributed by atoms with Crippen LogP contribution in [0.15, 0.2) is 30.5 Å². The molecule has 1 heterocycles. The number of aromatic nitrogens is 1. The van der Waals surface area contributed by atoms with Crippen LogP contribution in [0.4, 0.5) is 0 Å². The second-order valence-electron chi connectivity index (χ2n) is 3.10. The largest absolute Gasteiger partial charge is 0.298 e. The number of nitrogens with zero attached hydrogens (tertiary/aromatic N) is 1. The molecule has 0 N–H and O–H groups in total. The molecule has 0 saturated carbocycles. The first-order valence-corrected chi connectivity index (χ1v) is 4.30. The van der Waals surface area contributed by atoms with Crippen LogP contribution in [-0.2, 0) is 0 Å². The summed E-state index contributed by atoms with van der Waals surface area (Å²) in [6.07, 6.45) is 2.48. The molecule has 1 aromatic carbocycles. The predicted octanol–water partition coefficient (Wildman–Crippen LogP) is 2.11. The SMILES string of the molecule is CC(=O)n1ccc2c(C=O)cccc21. The minimum atomic E-state index is -0.0527. The van der Waals surface area contributed by atoms with Crippen LogP contribution in [0.25, 0.3) is 10.9 Å². The van der Waals surface area contributed by atoms with Crippen LogP contribution in [0, 0.1) is 0 Å². The van der Waals surface area contributed by atoms with E-state index in [9.17, 15) is 9.59 Å². The highest BCUT2D eigenvalue weighted by Crippen LogP contribution is 2.18. The van der Waals surface area contributed by atoms with Gasteiger partial charge in [-0.1, -0.05) is 12.1 Å². The molecule has 3 nitrogen and oxygen atoms in total. The van der Waals surface area contributed by atoms with E-state index >= 15 is 0 Å². The number of aldehydes is 1. The number of carbonyl (C=O) groups is 2. The Balaban J connectivity index is 2.82. The topological polar surface area (TPSA) is 39.1 Å². The first kappa shape index (κ1) is 8.69. The zero-order valence-corrected chi connectivity index (χ0v) is 7.73. The molecule has 3 heteroatoms. The van der Waals surface area contributed by atoms with Crippen LogP contribution in [0.1, 0.15) is 22.1 Å². The highest BCUT2D eigenvalue weighted by molar-refractivity contribution is 6.00. The third kappa shape index (κ3) is 1.14. The zero-order chi connectivity index (χ0) is 10.1. The number of fused-ring (bicyclic) bond motifs is 1. The van der Waals surface area contributed by atoms with Crippen molar-refractivity contribution >= 4 is 23.1 Å². The number of benzene rings is 1. The van der Waals surface area contributed by atoms with E-state index < -0.39 is 0 Å². The molecule has 0 saturated heterocycles. The molecule has 1 aromatic heterocycles. The van der Waals surface area contributed by atoms with E-state index in [1.54, 1.807) is 24.4 Å². The van der Waals surface area contributed by atoms with Crippen LogP contribution in [0.5, 0.6) is 0 Å². The van der Waals surface area contributed by atoms with Crippen molar-refractivity contribution in [3.63, 3.8) is 0 Å². The van der Waals surface area contributed by atoms with Gasteiger partial charge in [0.15, 0.2) is 6.29 Å². The minimum Gasteiger partial charge on any atom is -0.298 e. The first-order chi connectivity index (χ1) is 6.74. The Bertz CT molecular complexity index is 511. The van der Waals surface area contributed by atoms with Gasteiger partial charge < -0.3 is 0 Å². The van der Waals surface area contributed by atoms with E-state index in [4.69, 9.17) is 0 Å². The number of rotatable bonds is 1. The van der Waals surface area contributed by atoms with Gasteiger partial charge in [-0.2, -0.15) is 0 Å². The smallest absolute Gasteiger partial charge is 0.227 e. The van der Waals surface area contributed by atoms with Crippen molar-refractivity contribution in [2.45, 2.75) is 6.92 Å². The van der Waals surface area contributed by atoms with Gasteiger partial charge in [0.1, 0.15) is 0 Å². The Hall–Kier alpha value is -1.90. The molecule has 0 atom stereocenters. The van der Waals surface area contributed by atoms with Gasteiger partial charge in [-0.3, -0.25) is 14.2 Å². The zero-order valence-electron chi connectivity index (χ0n) is 7.73. The average Bonchev–Trinajstić information content (AvgIpc) is 2.60. The molecule has 0 bridgehead atoms. The summed E-state index contributed by atoms with van der Waals surface area (Å²) < 4.78 is 1.53. The summed E-state index contributed by atoms with van der Waals surface area (Å²) in [4.78, 5) is 21.9. The van der Waals surface area contributed by atoms with Gasteiger partial charge in [-0.25, -0.2) is 0 Å². The second-order valence-corrected chi connectivity index (χ2v) is 3.10. The third-order valence-electron chi connectivity index (χ3n) is 2.23. The maximum Gasteiger partial charge on any atom is 0.227 e. The second kappa shape index (κ2) is 3.10. The number of hydrogen-bond acceptors (Lipinski definition) is 2. The molecule has 14 heavy (non-hydrogen) atoms. The fraction of sp³-hybridized carbons (Fsp3) is 0.0909. The summed E-state index contributed by atoms with van der Waals surface area (Å²) in [6, 6.07) is 7.11. The Morgan fingerprint density at radius 3 is 2.79 bits per heavy atom. The molecule has 2 rings (SSSR count). The Morgan fingerprint density at radius 1 is 1.36 bits per heavy atom. The summed E-state index contributed by atoms with van der Waals surface area (Å²) in [5, 5.41) is 0.817. The van der Waals surface area contributed by atoms with Gasteiger partial charge in [0.05, 0.1) is 5.52 Å². The molecule has 0 unspecified atom stereocenters. The van der Waals surface area contributed by atoms with E-state index in [1.165, 1.54) is 11.5 Å². The predicted molar refractivity (Wildman–Crippen MR) is 53.6 cm³/mol. The lowest BCUT2D eigenvalue weighted by Crippen LogP contribution is -2.02. The van der Waals surface area contributed by atoms with Crippen LogP contribution < -0.4 is 0 Å². The quantitative estimate of drug-likeness (QED) is 0.641. The number of hydrogen-bond donors (Lipinski definition) is 0. The first-order valence-electron chi connectivity index (χ1n) is 4.30. The lowest BCUT2D eigenvalue weighted by molar-refractivity contribution is 0.0941. The number of carbonyl (C=O) groups excluding carboxylic acids is 2. The van der Waals surface area contributed by atoms with Crippen molar-refractivity contribution in [2.24, 2.45) is 0 Å². The van der Waals surface area contributed by atoms with Crippen molar-refractivity contribution < 1.29 is 9.59 Å². The minimum absolute atomic E-state index is 0.0527. The van der Waals surface area contributed by atoms with Gasteiger partial charge >= 0.3 is 0 Å². The summed E-state index contributed by atoms with van der Waals surface area (Å²) in [7, 11) is 0. The van der Waals surface area contributed by atoms with Gasteiger partial charge in [0.25, 0.3) is 0 Å². The fourth-order valence-electron chi connectivity index (χ4n) is 1.57. The van der Waals surface area contributed by atoms with Crippen LogP contribution >= 0.6 is 0 Å². The summed E-state index contributed by atoms with van der Waals surface area (Å²) in [5.41, 5.74) is 1.39. The van der Waals surface area contributed by atoms with Crippen molar-refractivity contribution in [3.8, 4) is 0 Å². The standard InChI is InChI=1S/C11H9NO2/c1-8(14)12-6-5-10-9(7-13)3-2-4-11(10)12/h2-7H,1H3. The van der Waals surface area contributed by atoms with Gasteiger partial charge in [-0.15, -0.1) is 0 Å². The average molecular weight is 187 g/mol. The van der Waals surface area contributed by atoms with Gasteiger partial charge in [0.2, 0.25) is 5.91 Å². The molecule has 0 amide bonds. The Morgan fingerprint density at radius 2 is 2.14 bits per heavy atom. The lowest BCUT2D eigenvalue weighted by atomic mass is 10.1. The van der Waals surface area contributed by atoms with E-state index in [2.05, 4.69) is 0 Å². The third-order valence-corrected chi connectivity index (χ3v) is 2.23. The molecule has 2 aromatic rings. The van der Waals surface area contributed by atoms with Crippen molar-refractivity contribution in [3.05, 3.63) is 36.0 Å². The normalized spacial score (nSPS) is 10.4. The molecular formula is C11H9NO2. The van der Waals surface area contributed by atoms with Gasteiger partial charge in [-0.05, 0) is 12.1 Å². The van der Waals surface area contributed by atoms with Crippen LogP contribution in [-0.4, -0.2) is 16.8 Å².